The van der Waals surface area contributed by atoms with E-state index in [2.05, 4.69) is 4.98 Å². The summed E-state index contributed by atoms with van der Waals surface area (Å²) in [6.07, 6.45) is 4.41. The van der Waals surface area contributed by atoms with Gasteiger partial charge in [0.1, 0.15) is 0 Å². The maximum atomic E-state index is 12.0. The number of hydrogen-bond acceptors (Lipinski definition) is 5. The zero-order valence-electron chi connectivity index (χ0n) is 12.9. The van der Waals surface area contributed by atoms with Crippen molar-refractivity contribution in [1.82, 2.24) is 9.71 Å². The first kappa shape index (κ1) is 17.4. The minimum atomic E-state index is -3.82. The first-order chi connectivity index (χ1) is 11.4. The highest BCUT2D eigenvalue weighted by Gasteiger charge is 2.14. The van der Waals surface area contributed by atoms with E-state index < -0.39 is 15.9 Å². The van der Waals surface area contributed by atoms with E-state index in [0.717, 1.165) is 5.56 Å². The van der Waals surface area contributed by atoms with Crippen LogP contribution in [0.2, 0.25) is 0 Å². The van der Waals surface area contributed by atoms with Crippen LogP contribution in [0.5, 0.6) is 0 Å². The van der Waals surface area contributed by atoms with Gasteiger partial charge in [-0.15, -0.1) is 0 Å². The molecule has 0 saturated carbocycles. The van der Waals surface area contributed by atoms with Gasteiger partial charge in [0, 0.05) is 18.5 Å². The lowest BCUT2D eigenvalue weighted by Gasteiger charge is -2.06. The number of benzene rings is 1. The number of amides is 1. The Balaban J connectivity index is 2.05. The standard InChI is InChI=1S/C17H15N3O3S/c1-13(16-6-8-19-9-7-16)10-17(21)20-24(22,23)12-15-4-2-14(11-18)3-5-15/h2-10H,12H2,1H3,(H,20,21). The Morgan fingerprint density at radius 3 is 2.42 bits per heavy atom. The highest BCUT2D eigenvalue weighted by Crippen LogP contribution is 2.12. The van der Waals surface area contributed by atoms with Crippen molar-refractivity contribution in [3.63, 3.8) is 0 Å². The van der Waals surface area contributed by atoms with Crippen molar-refractivity contribution in [1.29, 1.82) is 5.26 Å². The Morgan fingerprint density at radius 2 is 1.83 bits per heavy atom. The van der Waals surface area contributed by atoms with Gasteiger partial charge in [-0.25, -0.2) is 13.1 Å². The molecule has 1 aromatic carbocycles. The van der Waals surface area contributed by atoms with E-state index in [0.29, 0.717) is 16.7 Å². The number of aromatic nitrogens is 1. The van der Waals surface area contributed by atoms with Crippen molar-refractivity contribution < 1.29 is 13.2 Å². The van der Waals surface area contributed by atoms with Gasteiger partial charge in [0.2, 0.25) is 10.0 Å². The van der Waals surface area contributed by atoms with Gasteiger partial charge in [-0.3, -0.25) is 9.78 Å². The number of rotatable bonds is 5. The van der Waals surface area contributed by atoms with Crippen LogP contribution in [0.1, 0.15) is 23.6 Å². The van der Waals surface area contributed by atoms with Crippen molar-refractivity contribution in [3.8, 4) is 6.07 Å². The van der Waals surface area contributed by atoms with Crippen LogP contribution in [0.25, 0.3) is 5.57 Å². The van der Waals surface area contributed by atoms with E-state index in [1.165, 1.54) is 18.2 Å². The largest absolute Gasteiger partial charge is 0.269 e. The molecule has 0 unspecified atom stereocenters. The highest BCUT2D eigenvalue weighted by atomic mass is 32.2. The molecule has 2 aromatic rings. The van der Waals surface area contributed by atoms with Crippen LogP contribution in [0.4, 0.5) is 0 Å². The van der Waals surface area contributed by atoms with Gasteiger partial charge in [0.05, 0.1) is 17.4 Å². The van der Waals surface area contributed by atoms with Crippen molar-refractivity contribution in [2.75, 3.05) is 0 Å². The third-order valence-corrected chi connectivity index (χ3v) is 4.40. The van der Waals surface area contributed by atoms with E-state index in [1.54, 1.807) is 43.6 Å². The van der Waals surface area contributed by atoms with Crippen molar-refractivity contribution in [2.45, 2.75) is 12.7 Å². The summed E-state index contributed by atoms with van der Waals surface area (Å²) in [4.78, 5) is 15.8. The summed E-state index contributed by atoms with van der Waals surface area (Å²) in [5.41, 5.74) is 2.34. The molecule has 0 aliphatic rings. The summed E-state index contributed by atoms with van der Waals surface area (Å²) in [7, 11) is -3.82. The summed E-state index contributed by atoms with van der Waals surface area (Å²) in [6, 6.07) is 11.5. The molecule has 0 spiro atoms. The first-order valence-corrected chi connectivity index (χ1v) is 8.67. The molecule has 0 saturated heterocycles. The van der Waals surface area contributed by atoms with E-state index in [-0.39, 0.29) is 5.75 Å². The van der Waals surface area contributed by atoms with Crippen molar-refractivity contribution in [3.05, 3.63) is 71.6 Å². The molecule has 0 atom stereocenters. The number of hydrogen-bond donors (Lipinski definition) is 1. The predicted molar refractivity (Wildman–Crippen MR) is 89.8 cm³/mol. The monoisotopic (exact) mass is 341 g/mol. The molecule has 2 rings (SSSR count). The topological polar surface area (TPSA) is 99.9 Å². The number of pyridine rings is 1. The fourth-order valence-corrected chi connectivity index (χ4v) is 3.08. The van der Waals surface area contributed by atoms with Gasteiger partial charge in [-0.2, -0.15) is 5.26 Å². The molecule has 0 bridgehead atoms. The molecule has 1 amide bonds. The summed E-state index contributed by atoms with van der Waals surface area (Å²) >= 11 is 0. The maximum absolute atomic E-state index is 12.0. The first-order valence-electron chi connectivity index (χ1n) is 7.02. The SMILES string of the molecule is CC(=CC(=O)NS(=O)(=O)Cc1ccc(C#N)cc1)c1ccncc1. The minimum absolute atomic E-state index is 0.341. The number of carbonyl (C=O) groups excluding carboxylic acids is 1. The van der Waals surface area contributed by atoms with Crippen LogP contribution >= 0.6 is 0 Å². The molecule has 24 heavy (non-hydrogen) atoms. The molecular formula is C17H15N3O3S. The number of nitrogens with one attached hydrogen (secondary N) is 1. The van der Waals surface area contributed by atoms with Crippen LogP contribution in [-0.2, 0) is 20.6 Å². The smallest absolute Gasteiger partial charge is 0.257 e. The van der Waals surface area contributed by atoms with Crippen LogP contribution in [0.3, 0.4) is 0 Å². The molecular weight excluding hydrogens is 326 g/mol. The van der Waals surface area contributed by atoms with Crippen LogP contribution in [-0.4, -0.2) is 19.3 Å². The number of allylic oxidation sites excluding steroid dienone is 1. The average molecular weight is 341 g/mol. The normalized spacial score (nSPS) is 11.6. The zero-order chi connectivity index (χ0) is 17.6. The molecule has 1 heterocycles. The highest BCUT2D eigenvalue weighted by molar-refractivity contribution is 7.89. The third-order valence-electron chi connectivity index (χ3n) is 3.18. The number of sulfonamides is 1. The lowest BCUT2D eigenvalue weighted by molar-refractivity contribution is -0.114. The molecule has 0 radical (unpaired) electrons. The van der Waals surface area contributed by atoms with E-state index >= 15 is 0 Å². The average Bonchev–Trinajstić information content (AvgIpc) is 2.55. The predicted octanol–water partition coefficient (Wildman–Crippen LogP) is 2.00. The summed E-state index contributed by atoms with van der Waals surface area (Å²) in [5, 5.41) is 8.72. The lowest BCUT2D eigenvalue weighted by Crippen LogP contribution is -2.30. The minimum Gasteiger partial charge on any atom is -0.269 e. The summed E-state index contributed by atoms with van der Waals surface area (Å²) in [6.45, 7) is 1.71. The van der Waals surface area contributed by atoms with Crippen LogP contribution < -0.4 is 4.72 Å². The Kier molecular flexibility index (Phi) is 5.45. The van der Waals surface area contributed by atoms with Crippen molar-refractivity contribution in [2.24, 2.45) is 0 Å². The Morgan fingerprint density at radius 1 is 1.21 bits per heavy atom. The quantitative estimate of drug-likeness (QED) is 0.839. The molecule has 6 nitrogen and oxygen atoms in total. The summed E-state index contributed by atoms with van der Waals surface area (Å²) < 4.78 is 26.1. The molecule has 1 aromatic heterocycles. The zero-order valence-corrected chi connectivity index (χ0v) is 13.7. The van der Waals surface area contributed by atoms with E-state index in [9.17, 15) is 13.2 Å². The second kappa shape index (κ2) is 7.53. The third kappa shape index (κ3) is 5.04. The number of nitrogens with zero attached hydrogens (tertiary/aromatic N) is 2. The van der Waals surface area contributed by atoms with Crippen molar-refractivity contribution >= 4 is 21.5 Å². The van der Waals surface area contributed by atoms with Gasteiger partial charge < -0.3 is 0 Å². The molecule has 1 N–H and O–H groups in total. The van der Waals surface area contributed by atoms with Gasteiger partial charge in [0.25, 0.3) is 5.91 Å². The van der Waals surface area contributed by atoms with Gasteiger partial charge in [-0.05, 0) is 47.9 Å². The fraction of sp³-hybridized carbons (Fsp3) is 0.118. The van der Waals surface area contributed by atoms with Gasteiger partial charge >= 0.3 is 0 Å². The molecule has 7 heteroatoms. The Bertz CT molecular complexity index is 896. The molecule has 0 aliphatic heterocycles. The number of nitriles is 1. The molecule has 0 fully saturated rings. The van der Waals surface area contributed by atoms with E-state index in [1.807, 2.05) is 10.8 Å². The lowest BCUT2D eigenvalue weighted by atomic mass is 10.1. The van der Waals surface area contributed by atoms with Gasteiger partial charge in [-0.1, -0.05) is 12.1 Å². The van der Waals surface area contributed by atoms with Crippen LogP contribution in [0.15, 0.2) is 54.9 Å². The van der Waals surface area contributed by atoms with Crippen LogP contribution in [0, 0.1) is 11.3 Å². The maximum Gasteiger partial charge on any atom is 0.257 e. The molecule has 0 aliphatic carbocycles. The second-order valence-electron chi connectivity index (χ2n) is 5.10. The van der Waals surface area contributed by atoms with E-state index in [4.69, 9.17) is 5.26 Å². The molecule has 122 valence electrons. The number of carbonyl (C=O) groups is 1. The fourth-order valence-electron chi connectivity index (χ4n) is 2.01. The Labute approximate surface area is 140 Å². The Hall–Kier alpha value is -2.98. The summed E-state index contributed by atoms with van der Waals surface area (Å²) in [5.74, 6) is -1.05. The second-order valence-corrected chi connectivity index (χ2v) is 6.82. The van der Waals surface area contributed by atoms with Gasteiger partial charge in [0.15, 0.2) is 0 Å².